The van der Waals surface area contributed by atoms with Crippen LogP contribution in [0.3, 0.4) is 0 Å². The molecule has 0 bridgehead atoms. The molecule has 0 atom stereocenters. The van der Waals surface area contributed by atoms with Gasteiger partial charge in [0.15, 0.2) is 0 Å². The molecule has 6 heteroatoms. The van der Waals surface area contributed by atoms with E-state index in [0.717, 1.165) is 0 Å². The fraction of sp³-hybridized carbons (Fsp3) is 0.300. The molecule has 1 aromatic carbocycles. The van der Waals surface area contributed by atoms with Crippen LogP contribution in [0, 0.1) is 0 Å². The topological polar surface area (TPSA) is 101 Å². The van der Waals surface area contributed by atoms with E-state index in [-0.39, 0.29) is 48.3 Å². The summed E-state index contributed by atoms with van der Waals surface area (Å²) in [7, 11) is 0. The summed E-state index contributed by atoms with van der Waals surface area (Å²) in [6.07, 6.45) is -0.954. The number of carboxylic acid groups (broad SMARTS) is 1. The standard InChI is InChI=1S/C7H6O2.C3H8O3.Na/c8-7(9)6-4-2-1-3-5-6;4-1-3(6)2-5;/h1-5H,(H,8,9);3-6H,1-2H2;/q;;+1/p-1. The van der Waals surface area contributed by atoms with Gasteiger partial charge < -0.3 is 25.2 Å². The number of carbonyl (C=O) groups is 1. The summed E-state index contributed by atoms with van der Waals surface area (Å²) in [5.41, 5.74) is 0.220. The van der Waals surface area contributed by atoms with Crippen molar-refractivity contribution < 1.29 is 54.8 Å². The number of benzene rings is 1. The predicted molar refractivity (Wildman–Crippen MR) is 51.0 cm³/mol. The van der Waals surface area contributed by atoms with Gasteiger partial charge >= 0.3 is 29.6 Å². The van der Waals surface area contributed by atoms with E-state index >= 15 is 0 Å². The summed E-state index contributed by atoms with van der Waals surface area (Å²) >= 11 is 0. The molecule has 3 N–H and O–H groups in total. The van der Waals surface area contributed by atoms with Crippen LogP contribution in [-0.4, -0.2) is 40.6 Å². The maximum atomic E-state index is 10.1. The fourth-order valence-electron chi connectivity index (χ4n) is 0.632. The first kappa shape index (κ1) is 17.9. The van der Waals surface area contributed by atoms with Crippen molar-refractivity contribution in [3.63, 3.8) is 0 Å². The summed E-state index contributed by atoms with van der Waals surface area (Å²) in [6.45, 7) is -0.729. The van der Waals surface area contributed by atoms with Gasteiger partial charge in [-0.1, -0.05) is 30.3 Å². The largest absolute Gasteiger partial charge is 1.00 e. The van der Waals surface area contributed by atoms with Gasteiger partial charge in [-0.25, -0.2) is 0 Å². The van der Waals surface area contributed by atoms with E-state index in [2.05, 4.69) is 0 Å². The van der Waals surface area contributed by atoms with Crippen molar-refractivity contribution in [1.82, 2.24) is 0 Å². The number of hydrogen-bond acceptors (Lipinski definition) is 5. The van der Waals surface area contributed by atoms with Gasteiger partial charge in [-0.2, -0.15) is 0 Å². The van der Waals surface area contributed by atoms with Gasteiger partial charge in [0.2, 0.25) is 0 Å². The molecule has 0 unspecified atom stereocenters. The zero-order chi connectivity index (χ0) is 11.7. The molecule has 0 fully saturated rings. The molecule has 0 saturated carbocycles. The first-order chi connectivity index (χ1) is 7.11. The van der Waals surface area contributed by atoms with Crippen molar-refractivity contribution in [1.29, 1.82) is 0 Å². The Bertz CT molecular complexity index is 274. The monoisotopic (exact) mass is 236 g/mol. The van der Waals surface area contributed by atoms with E-state index in [1.54, 1.807) is 18.2 Å². The minimum atomic E-state index is -1.13. The first-order valence-electron chi connectivity index (χ1n) is 4.28. The van der Waals surface area contributed by atoms with Crippen LogP contribution in [-0.2, 0) is 0 Å². The Morgan fingerprint density at radius 2 is 1.62 bits per heavy atom. The van der Waals surface area contributed by atoms with Gasteiger partial charge in [-0.15, -0.1) is 0 Å². The Balaban J connectivity index is 0. The van der Waals surface area contributed by atoms with E-state index < -0.39 is 12.1 Å². The van der Waals surface area contributed by atoms with E-state index in [1.165, 1.54) is 12.1 Å². The van der Waals surface area contributed by atoms with E-state index in [4.69, 9.17) is 15.3 Å². The second-order valence-electron chi connectivity index (χ2n) is 2.67. The van der Waals surface area contributed by atoms with Gasteiger partial charge in [0.25, 0.3) is 0 Å². The summed E-state index contributed by atoms with van der Waals surface area (Å²) in [5.74, 6) is -1.13. The molecule has 0 saturated heterocycles. The van der Waals surface area contributed by atoms with E-state index in [9.17, 15) is 9.90 Å². The average Bonchev–Trinajstić information content (AvgIpc) is 2.30. The van der Waals surface area contributed by atoms with E-state index in [1.807, 2.05) is 0 Å². The number of carbonyl (C=O) groups excluding carboxylic acids is 1. The third-order valence-corrected chi connectivity index (χ3v) is 1.43. The molecule has 1 aromatic rings. The normalized spacial score (nSPS) is 8.75. The van der Waals surface area contributed by atoms with Crippen LogP contribution in [0.2, 0.25) is 0 Å². The molecule has 84 valence electrons. The molecule has 0 amide bonds. The smallest absolute Gasteiger partial charge is 0.545 e. The molecule has 5 nitrogen and oxygen atoms in total. The van der Waals surface area contributed by atoms with E-state index in [0.29, 0.717) is 0 Å². The Morgan fingerprint density at radius 3 is 1.81 bits per heavy atom. The SMILES string of the molecule is O=C([O-])c1ccccc1.OCC(O)CO.[Na+]. The zero-order valence-electron chi connectivity index (χ0n) is 9.04. The molecule has 0 aliphatic rings. The zero-order valence-corrected chi connectivity index (χ0v) is 11.0. The van der Waals surface area contributed by atoms with Crippen molar-refractivity contribution in [3.8, 4) is 0 Å². The summed E-state index contributed by atoms with van der Waals surface area (Å²) < 4.78 is 0. The molecule has 0 spiro atoms. The van der Waals surface area contributed by atoms with Crippen LogP contribution in [0.5, 0.6) is 0 Å². The van der Waals surface area contributed by atoms with Crippen molar-refractivity contribution in [2.75, 3.05) is 13.2 Å². The van der Waals surface area contributed by atoms with Gasteiger partial charge in [-0.05, 0) is 5.56 Å². The predicted octanol–water partition coefficient (Wildman–Crippen LogP) is -4.61. The van der Waals surface area contributed by atoms with Gasteiger partial charge in [0.1, 0.15) is 6.10 Å². The first-order valence-corrected chi connectivity index (χ1v) is 4.28. The average molecular weight is 236 g/mol. The summed E-state index contributed by atoms with van der Waals surface area (Å²) in [6, 6.07) is 8.06. The number of aliphatic hydroxyl groups excluding tert-OH is 3. The molecular formula is C10H13NaO5. The molecule has 0 radical (unpaired) electrons. The Labute approximate surface area is 116 Å². The second kappa shape index (κ2) is 11.1. The fourth-order valence-corrected chi connectivity index (χ4v) is 0.632. The maximum absolute atomic E-state index is 10.1. The maximum Gasteiger partial charge on any atom is 1.00 e. The second-order valence-corrected chi connectivity index (χ2v) is 2.67. The minimum Gasteiger partial charge on any atom is -0.545 e. The molecule has 16 heavy (non-hydrogen) atoms. The van der Waals surface area contributed by atoms with Crippen molar-refractivity contribution in [2.24, 2.45) is 0 Å². The number of carboxylic acids is 1. The van der Waals surface area contributed by atoms with Crippen LogP contribution in [0.15, 0.2) is 30.3 Å². The number of rotatable bonds is 3. The summed E-state index contributed by atoms with van der Waals surface area (Å²) in [4.78, 5) is 10.1. The van der Waals surface area contributed by atoms with Crippen LogP contribution < -0.4 is 34.7 Å². The number of hydrogen-bond donors (Lipinski definition) is 3. The Hall–Kier alpha value is -0.430. The third kappa shape index (κ3) is 8.84. The Kier molecular flexibility index (Phi) is 12.4. The van der Waals surface area contributed by atoms with Crippen molar-refractivity contribution >= 4 is 5.97 Å². The molecule has 0 aliphatic carbocycles. The molecular weight excluding hydrogens is 223 g/mol. The van der Waals surface area contributed by atoms with Crippen LogP contribution >= 0.6 is 0 Å². The molecule has 0 heterocycles. The molecule has 1 rings (SSSR count). The number of aromatic carboxylic acids is 1. The Morgan fingerprint density at radius 1 is 1.19 bits per heavy atom. The number of aliphatic hydroxyl groups is 3. The van der Waals surface area contributed by atoms with Crippen LogP contribution in [0.4, 0.5) is 0 Å². The van der Waals surface area contributed by atoms with Gasteiger partial charge in [-0.3, -0.25) is 0 Å². The van der Waals surface area contributed by atoms with Gasteiger partial charge in [0, 0.05) is 0 Å². The third-order valence-electron chi connectivity index (χ3n) is 1.43. The summed E-state index contributed by atoms with van der Waals surface area (Å²) in [5, 5.41) is 34.1. The molecule has 0 aromatic heterocycles. The minimum absolute atomic E-state index is 0. The quantitative estimate of drug-likeness (QED) is 0.458. The van der Waals surface area contributed by atoms with Gasteiger partial charge in [0.05, 0.1) is 19.2 Å². The van der Waals surface area contributed by atoms with Crippen molar-refractivity contribution in [3.05, 3.63) is 35.9 Å². The van der Waals surface area contributed by atoms with Crippen molar-refractivity contribution in [2.45, 2.75) is 6.10 Å². The van der Waals surface area contributed by atoms with Crippen LogP contribution in [0.1, 0.15) is 10.4 Å². The molecule has 0 aliphatic heterocycles. The van der Waals surface area contributed by atoms with Crippen LogP contribution in [0.25, 0.3) is 0 Å².